The summed E-state index contributed by atoms with van der Waals surface area (Å²) in [7, 11) is 1.36. The molecule has 19 heavy (non-hydrogen) atoms. The summed E-state index contributed by atoms with van der Waals surface area (Å²) in [6.07, 6.45) is 1.78. The molecule has 0 saturated carbocycles. The maximum atomic E-state index is 11.3. The topological polar surface area (TPSA) is 38.7 Å². The Balaban J connectivity index is 2.13. The summed E-state index contributed by atoms with van der Waals surface area (Å²) in [6, 6.07) is 14.8. The molecule has 0 saturated heterocycles. The molecule has 0 heterocycles. The van der Waals surface area contributed by atoms with Crippen molar-refractivity contribution in [3.8, 4) is 0 Å². The zero-order chi connectivity index (χ0) is 13.7. The number of methoxy groups -OCH3 is 1. The highest BCUT2D eigenvalue weighted by Gasteiger charge is 2.03. The van der Waals surface area contributed by atoms with Crippen molar-refractivity contribution in [2.45, 2.75) is 0 Å². The molecule has 0 bridgehead atoms. The van der Waals surface area contributed by atoms with E-state index in [-0.39, 0.29) is 5.97 Å². The average Bonchev–Trinajstić information content (AvgIpc) is 2.45. The summed E-state index contributed by atoms with van der Waals surface area (Å²) in [4.78, 5) is 15.6. The number of nitrogens with zero attached hydrogens (tertiary/aromatic N) is 1. The van der Waals surface area contributed by atoms with Crippen molar-refractivity contribution in [1.82, 2.24) is 0 Å². The van der Waals surface area contributed by atoms with Crippen LogP contribution in [0.5, 0.6) is 0 Å². The van der Waals surface area contributed by atoms with E-state index < -0.39 is 0 Å². The molecule has 2 rings (SSSR count). The maximum absolute atomic E-state index is 11.3. The largest absolute Gasteiger partial charge is 0.465 e. The van der Waals surface area contributed by atoms with Gasteiger partial charge in [0, 0.05) is 10.7 Å². The predicted octanol–water partition coefficient (Wildman–Crippen LogP) is 3.99. The van der Waals surface area contributed by atoms with E-state index >= 15 is 0 Å². The Morgan fingerprint density at radius 3 is 2.58 bits per heavy atom. The van der Waals surface area contributed by atoms with Gasteiger partial charge in [-0.15, -0.1) is 0 Å². The van der Waals surface area contributed by atoms with Gasteiger partial charge in [0.15, 0.2) is 0 Å². The minimum Gasteiger partial charge on any atom is -0.465 e. The number of esters is 1. The second-order valence-corrected chi connectivity index (χ2v) is 4.77. The van der Waals surface area contributed by atoms with Crippen molar-refractivity contribution in [3.05, 3.63) is 64.1 Å². The van der Waals surface area contributed by atoms with E-state index in [9.17, 15) is 4.79 Å². The monoisotopic (exact) mass is 317 g/mol. The van der Waals surface area contributed by atoms with E-state index in [4.69, 9.17) is 0 Å². The van der Waals surface area contributed by atoms with Gasteiger partial charge in [0.25, 0.3) is 0 Å². The number of benzene rings is 2. The Morgan fingerprint density at radius 1 is 1.21 bits per heavy atom. The molecule has 2 aromatic carbocycles. The fraction of sp³-hybridized carbons (Fsp3) is 0.0667. The Bertz CT molecular complexity index is 606. The fourth-order valence-electron chi connectivity index (χ4n) is 1.54. The SMILES string of the molecule is COC(=O)c1ccc(/N=C/c2cccc(Br)c2)cc1. The van der Waals surface area contributed by atoms with E-state index in [0.29, 0.717) is 5.56 Å². The molecule has 0 fully saturated rings. The smallest absolute Gasteiger partial charge is 0.337 e. The van der Waals surface area contributed by atoms with Crippen LogP contribution in [-0.4, -0.2) is 19.3 Å². The van der Waals surface area contributed by atoms with Crippen molar-refractivity contribution < 1.29 is 9.53 Å². The van der Waals surface area contributed by atoms with Crippen LogP contribution in [0, 0.1) is 0 Å². The molecule has 0 aliphatic carbocycles. The third-order valence-electron chi connectivity index (χ3n) is 2.50. The quantitative estimate of drug-likeness (QED) is 0.634. The molecule has 0 spiro atoms. The van der Waals surface area contributed by atoms with Gasteiger partial charge >= 0.3 is 5.97 Å². The lowest BCUT2D eigenvalue weighted by Gasteiger charge is -1.99. The average molecular weight is 318 g/mol. The third-order valence-corrected chi connectivity index (χ3v) is 2.99. The molecule has 2 aromatic rings. The van der Waals surface area contributed by atoms with Gasteiger partial charge < -0.3 is 4.74 Å². The van der Waals surface area contributed by atoms with Crippen LogP contribution in [0.15, 0.2) is 58.0 Å². The Kier molecular flexibility index (Phi) is 4.47. The van der Waals surface area contributed by atoms with Gasteiger partial charge in [-0.3, -0.25) is 4.99 Å². The van der Waals surface area contributed by atoms with E-state index in [1.165, 1.54) is 7.11 Å². The molecule has 0 radical (unpaired) electrons. The number of ether oxygens (including phenoxy) is 1. The third kappa shape index (κ3) is 3.76. The highest BCUT2D eigenvalue weighted by atomic mass is 79.9. The van der Waals surface area contributed by atoms with Crippen molar-refractivity contribution in [2.24, 2.45) is 4.99 Å². The van der Waals surface area contributed by atoms with Crippen LogP contribution in [0.2, 0.25) is 0 Å². The van der Waals surface area contributed by atoms with Crippen molar-refractivity contribution in [2.75, 3.05) is 7.11 Å². The highest BCUT2D eigenvalue weighted by Crippen LogP contribution is 2.15. The number of hydrogen-bond donors (Lipinski definition) is 0. The first-order valence-electron chi connectivity index (χ1n) is 5.67. The first-order valence-corrected chi connectivity index (χ1v) is 6.46. The molecule has 0 unspecified atom stereocenters. The summed E-state index contributed by atoms with van der Waals surface area (Å²) in [5.41, 5.74) is 2.31. The lowest BCUT2D eigenvalue weighted by Crippen LogP contribution is -1.99. The first kappa shape index (κ1) is 13.5. The van der Waals surface area contributed by atoms with Gasteiger partial charge in [-0.1, -0.05) is 28.1 Å². The minimum atomic E-state index is -0.345. The standard InChI is InChI=1S/C15H12BrNO2/c1-19-15(18)12-5-7-14(8-6-12)17-10-11-3-2-4-13(16)9-11/h2-10H,1H3/b17-10+. The van der Waals surface area contributed by atoms with Crippen LogP contribution in [0.4, 0.5) is 5.69 Å². The summed E-state index contributed by atoms with van der Waals surface area (Å²) in [5, 5.41) is 0. The van der Waals surface area contributed by atoms with E-state index in [2.05, 4.69) is 25.7 Å². The van der Waals surface area contributed by atoms with Crippen LogP contribution in [0.3, 0.4) is 0 Å². The summed E-state index contributed by atoms with van der Waals surface area (Å²) < 4.78 is 5.65. The second-order valence-electron chi connectivity index (χ2n) is 3.85. The number of aliphatic imine (C=N–C) groups is 1. The molecular weight excluding hydrogens is 306 g/mol. The van der Waals surface area contributed by atoms with Crippen molar-refractivity contribution in [1.29, 1.82) is 0 Å². The number of carbonyl (C=O) groups is 1. The number of hydrogen-bond acceptors (Lipinski definition) is 3. The molecule has 0 atom stereocenters. The van der Waals surface area contributed by atoms with Crippen LogP contribution in [0.1, 0.15) is 15.9 Å². The van der Waals surface area contributed by atoms with Gasteiger partial charge in [-0.2, -0.15) is 0 Å². The lowest BCUT2D eigenvalue weighted by atomic mass is 10.2. The van der Waals surface area contributed by atoms with Crippen molar-refractivity contribution >= 4 is 33.8 Å². The lowest BCUT2D eigenvalue weighted by molar-refractivity contribution is 0.0601. The molecule has 0 aliphatic heterocycles. The van der Waals surface area contributed by atoms with E-state index in [0.717, 1.165) is 15.7 Å². The van der Waals surface area contributed by atoms with Crippen LogP contribution >= 0.6 is 15.9 Å². The second kappa shape index (κ2) is 6.29. The number of rotatable bonds is 3. The van der Waals surface area contributed by atoms with Gasteiger partial charge in [0.2, 0.25) is 0 Å². The van der Waals surface area contributed by atoms with E-state index in [1.54, 1.807) is 30.5 Å². The Morgan fingerprint density at radius 2 is 1.95 bits per heavy atom. The zero-order valence-corrected chi connectivity index (χ0v) is 11.9. The molecule has 3 nitrogen and oxygen atoms in total. The van der Waals surface area contributed by atoms with Gasteiger partial charge in [0.05, 0.1) is 18.4 Å². The Labute approximate surface area is 120 Å². The van der Waals surface area contributed by atoms with Crippen LogP contribution in [-0.2, 0) is 4.74 Å². The van der Waals surface area contributed by atoms with E-state index in [1.807, 2.05) is 24.3 Å². The van der Waals surface area contributed by atoms with Gasteiger partial charge in [-0.05, 0) is 42.0 Å². The fourth-order valence-corrected chi connectivity index (χ4v) is 1.95. The summed E-state index contributed by atoms with van der Waals surface area (Å²) in [6.45, 7) is 0. The van der Waals surface area contributed by atoms with Crippen molar-refractivity contribution in [3.63, 3.8) is 0 Å². The first-order chi connectivity index (χ1) is 9.19. The molecule has 96 valence electrons. The molecule has 0 aromatic heterocycles. The predicted molar refractivity (Wildman–Crippen MR) is 79.2 cm³/mol. The highest BCUT2D eigenvalue weighted by molar-refractivity contribution is 9.10. The molecule has 0 N–H and O–H groups in total. The number of carbonyl (C=O) groups excluding carboxylic acids is 1. The minimum absolute atomic E-state index is 0.345. The summed E-state index contributed by atoms with van der Waals surface area (Å²) >= 11 is 3.41. The molecule has 4 heteroatoms. The number of halogens is 1. The maximum Gasteiger partial charge on any atom is 0.337 e. The van der Waals surface area contributed by atoms with Crippen LogP contribution in [0.25, 0.3) is 0 Å². The normalized spacial score (nSPS) is 10.6. The summed E-state index contributed by atoms with van der Waals surface area (Å²) in [5.74, 6) is -0.345. The molecule has 0 amide bonds. The molecular formula is C15H12BrNO2. The Hall–Kier alpha value is -1.94. The molecule has 0 aliphatic rings. The van der Waals surface area contributed by atoms with Crippen LogP contribution < -0.4 is 0 Å². The van der Waals surface area contributed by atoms with Gasteiger partial charge in [0.1, 0.15) is 0 Å². The van der Waals surface area contributed by atoms with Gasteiger partial charge in [-0.25, -0.2) is 4.79 Å². The zero-order valence-electron chi connectivity index (χ0n) is 10.3.